The van der Waals surface area contributed by atoms with Crippen molar-refractivity contribution in [3.63, 3.8) is 0 Å². The smallest absolute Gasteiger partial charge is 0.407 e. The molecule has 0 aromatic heterocycles. The van der Waals surface area contributed by atoms with Crippen LogP contribution in [0.2, 0.25) is 0 Å². The van der Waals surface area contributed by atoms with Crippen molar-refractivity contribution in [3.05, 3.63) is 0 Å². The zero-order chi connectivity index (χ0) is 26.8. The molecule has 0 radical (unpaired) electrons. The van der Waals surface area contributed by atoms with E-state index in [1.165, 1.54) is 32.1 Å². The number of carbonyl (C=O) groups is 3. The number of amides is 3. The predicted molar refractivity (Wildman–Crippen MR) is 149 cm³/mol. The van der Waals surface area contributed by atoms with Gasteiger partial charge in [-0.2, -0.15) is 11.8 Å². The summed E-state index contributed by atoms with van der Waals surface area (Å²) in [6, 6.07) is -0.977. The van der Waals surface area contributed by atoms with Gasteiger partial charge in [0.15, 0.2) is 0 Å². The average Bonchev–Trinajstić information content (AvgIpc) is 3.39. The lowest BCUT2D eigenvalue weighted by atomic mass is 9.86. The number of hydrogen-bond acceptors (Lipinski definition) is 6. The molecule has 37 heavy (non-hydrogen) atoms. The van der Waals surface area contributed by atoms with Gasteiger partial charge in [0.05, 0.1) is 6.61 Å². The maximum absolute atomic E-state index is 14.0. The molecule has 2 saturated carbocycles. The summed E-state index contributed by atoms with van der Waals surface area (Å²) in [4.78, 5) is 41.4. The van der Waals surface area contributed by atoms with Gasteiger partial charge in [0.1, 0.15) is 12.1 Å². The Bertz CT molecular complexity index is 750. The van der Waals surface area contributed by atoms with Gasteiger partial charge in [-0.25, -0.2) is 4.79 Å². The highest BCUT2D eigenvalue weighted by Gasteiger charge is 2.44. The van der Waals surface area contributed by atoms with E-state index in [1.54, 1.807) is 16.7 Å². The summed E-state index contributed by atoms with van der Waals surface area (Å²) in [7, 11) is 0. The van der Waals surface area contributed by atoms with Gasteiger partial charge in [0.25, 0.3) is 0 Å². The summed E-state index contributed by atoms with van der Waals surface area (Å²) in [6.07, 6.45) is 12.0. The fourth-order valence-electron chi connectivity index (χ4n) is 5.88. The summed E-state index contributed by atoms with van der Waals surface area (Å²) in [5, 5.41) is 6.00. The van der Waals surface area contributed by atoms with E-state index in [-0.39, 0.29) is 17.9 Å². The third kappa shape index (κ3) is 9.05. The van der Waals surface area contributed by atoms with E-state index in [4.69, 9.17) is 10.5 Å². The molecule has 1 aliphatic heterocycles. The normalized spacial score (nSPS) is 25.9. The Hall–Kier alpha value is -1.48. The van der Waals surface area contributed by atoms with Crippen molar-refractivity contribution in [2.24, 2.45) is 17.6 Å². The topological polar surface area (TPSA) is 114 Å². The van der Waals surface area contributed by atoms with Crippen molar-refractivity contribution in [3.8, 4) is 0 Å². The van der Waals surface area contributed by atoms with Gasteiger partial charge < -0.3 is 26.0 Å². The summed E-state index contributed by atoms with van der Waals surface area (Å²) in [5.41, 5.74) is 6.02. The lowest BCUT2D eigenvalue weighted by Crippen LogP contribution is -2.60. The van der Waals surface area contributed by atoms with Crippen molar-refractivity contribution < 1.29 is 19.1 Å². The molecule has 8 nitrogen and oxygen atoms in total. The Morgan fingerprint density at radius 3 is 2.38 bits per heavy atom. The molecule has 9 heteroatoms. The number of thioether (sulfide) groups is 1. The average molecular weight is 539 g/mol. The standard InChI is InChI=1S/C28H50N4O4S/c1-4-17-36-27(35)31-24(28(2,3)37-19-21-9-6-5-7-10-21)26(34)32-16-8-11-23(32)25(33)30-18-20-12-14-22(29)15-13-20/h20-24H,4-19,29H2,1-3H3,(H,30,33)(H,31,35)/t20-,22-,23-,24-/m0/s1. The number of nitrogens with one attached hydrogen (secondary N) is 2. The highest BCUT2D eigenvalue weighted by atomic mass is 32.2. The number of carbonyl (C=O) groups excluding carboxylic acids is 3. The number of likely N-dealkylation sites (tertiary alicyclic amines) is 1. The van der Waals surface area contributed by atoms with E-state index in [0.29, 0.717) is 44.4 Å². The molecule has 2 aliphatic carbocycles. The van der Waals surface area contributed by atoms with Crippen LogP contribution in [-0.4, -0.2) is 71.1 Å². The van der Waals surface area contributed by atoms with Gasteiger partial charge in [-0.15, -0.1) is 0 Å². The lowest BCUT2D eigenvalue weighted by molar-refractivity contribution is -0.140. The SMILES string of the molecule is CCCOC(=O)N[C@@H](C(=O)N1CCC[C@H]1C(=O)NC[C@H]1CC[C@H](N)CC1)C(C)(C)SCC1CCCCC1. The quantitative estimate of drug-likeness (QED) is 0.363. The number of hydrogen-bond donors (Lipinski definition) is 3. The molecule has 3 fully saturated rings. The van der Waals surface area contributed by atoms with Crippen LogP contribution >= 0.6 is 11.8 Å². The molecule has 0 aromatic carbocycles. The molecule has 1 heterocycles. The molecular formula is C28H50N4O4S. The minimum Gasteiger partial charge on any atom is -0.450 e. The molecule has 0 unspecified atom stereocenters. The van der Waals surface area contributed by atoms with E-state index >= 15 is 0 Å². The summed E-state index contributed by atoms with van der Waals surface area (Å²) >= 11 is 1.76. The monoisotopic (exact) mass is 538 g/mol. The molecular weight excluding hydrogens is 488 g/mol. The first-order valence-electron chi connectivity index (χ1n) is 14.6. The second-order valence-corrected chi connectivity index (χ2v) is 13.5. The minimum atomic E-state index is -0.765. The van der Waals surface area contributed by atoms with Crippen LogP contribution < -0.4 is 16.4 Å². The maximum atomic E-state index is 14.0. The van der Waals surface area contributed by atoms with Crippen LogP contribution in [0.4, 0.5) is 4.79 Å². The Morgan fingerprint density at radius 1 is 1.00 bits per heavy atom. The molecule has 212 valence electrons. The van der Waals surface area contributed by atoms with Crippen molar-refractivity contribution in [2.75, 3.05) is 25.4 Å². The molecule has 3 aliphatic rings. The van der Waals surface area contributed by atoms with Gasteiger partial charge in [-0.3, -0.25) is 9.59 Å². The van der Waals surface area contributed by atoms with Crippen LogP contribution in [0.15, 0.2) is 0 Å². The third-order valence-electron chi connectivity index (χ3n) is 8.35. The van der Waals surface area contributed by atoms with Crippen molar-refractivity contribution in [1.29, 1.82) is 0 Å². The number of nitrogens with zero attached hydrogens (tertiary/aromatic N) is 1. The Balaban J connectivity index is 1.65. The number of ether oxygens (including phenoxy) is 1. The number of alkyl carbamates (subject to hydrolysis) is 1. The highest BCUT2D eigenvalue weighted by Crippen LogP contribution is 2.36. The Morgan fingerprint density at radius 2 is 1.70 bits per heavy atom. The summed E-state index contributed by atoms with van der Waals surface area (Å²) in [5.74, 6) is 1.81. The van der Waals surface area contributed by atoms with Crippen LogP contribution in [0.25, 0.3) is 0 Å². The van der Waals surface area contributed by atoms with Crippen LogP contribution in [-0.2, 0) is 14.3 Å². The van der Waals surface area contributed by atoms with E-state index < -0.39 is 22.9 Å². The first-order chi connectivity index (χ1) is 17.7. The van der Waals surface area contributed by atoms with Crippen LogP contribution in [0.3, 0.4) is 0 Å². The first-order valence-corrected chi connectivity index (χ1v) is 15.6. The lowest BCUT2D eigenvalue weighted by Gasteiger charge is -2.38. The van der Waals surface area contributed by atoms with E-state index in [1.807, 2.05) is 20.8 Å². The zero-order valence-electron chi connectivity index (χ0n) is 23.3. The summed E-state index contributed by atoms with van der Waals surface area (Å²) in [6.45, 7) is 7.47. The predicted octanol–water partition coefficient (Wildman–Crippen LogP) is 4.21. The third-order valence-corrected chi connectivity index (χ3v) is 9.97. The number of rotatable bonds is 11. The van der Waals surface area contributed by atoms with E-state index in [2.05, 4.69) is 10.6 Å². The molecule has 0 aromatic rings. The van der Waals surface area contributed by atoms with Gasteiger partial charge in [-0.05, 0) is 89.2 Å². The minimum absolute atomic E-state index is 0.0827. The largest absolute Gasteiger partial charge is 0.450 e. The Labute approximate surface area is 227 Å². The zero-order valence-corrected chi connectivity index (χ0v) is 24.1. The van der Waals surface area contributed by atoms with Crippen LogP contribution in [0.1, 0.15) is 97.8 Å². The molecule has 4 N–H and O–H groups in total. The second-order valence-electron chi connectivity index (χ2n) is 11.8. The van der Waals surface area contributed by atoms with Crippen molar-refractivity contribution >= 4 is 29.7 Å². The fourth-order valence-corrected chi connectivity index (χ4v) is 7.21. The van der Waals surface area contributed by atoms with Crippen LogP contribution in [0.5, 0.6) is 0 Å². The molecule has 3 rings (SSSR count). The fraction of sp³-hybridized carbons (Fsp3) is 0.893. The van der Waals surface area contributed by atoms with Gasteiger partial charge in [-0.1, -0.05) is 26.2 Å². The molecule has 2 atom stereocenters. The van der Waals surface area contributed by atoms with Crippen molar-refractivity contribution in [1.82, 2.24) is 15.5 Å². The van der Waals surface area contributed by atoms with Crippen molar-refractivity contribution in [2.45, 2.75) is 121 Å². The van der Waals surface area contributed by atoms with Crippen LogP contribution in [0, 0.1) is 11.8 Å². The molecule has 1 saturated heterocycles. The maximum Gasteiger partial charge on any atom is 0.407 e. The van der Waals surface area contributed by atoms with Gasteiger partial charge >= 0.3 is 6.09 Å². The first kappa shape index (κ1) is 30.1. The van der Waals surface area contributed by atoms with E-state index in [0.717, 1.165) is 37.9 Å². The Kier molecular flexibility index (Phi) is 11.9. The highest BCUT2D eigenvalue weighted by molar-refractivity contribution is 8.00. The molecule has 3 amide bonds. The number of nitrogens with two attached hydrogens (primary N) is 1. The molecule has 0 bridgehead atoms. The summed E-state index contributed by atoms with van der Waals surface area (Å²) < 4.78 is 4.76. The van der Waals surface area contributed by atoms with Gasteiger partial charge in [0.2, 0.25) is 11.8 Å². The van der Waals surface area contributed by atoms with Gasteiger partial charge in [0, 0.05) is 23.9 Å². The molecule has 0 spiro atoms. The second kappa shape index (κ2) is 14.6. The van der Waals surface area contributed by atoms with E-state index in [9.17, 15) is 14.4 Å².